The highest BCUT2D eigenvalue weighted by molar-refractivity contribution is 5.98. The number of allylic oxidation sites excluding steroid dienone is 5. The second kappa shape index (κ2) is 4.89. The van der Waals surface area contributed by atoms with Crippen LogP contribution in [0.4, 0.5) is 4.39 Å². The van der Waals surface area contributed by atoms with Gasteiger partial charge in [-0.05, 0) is 37.8 Å². The van der Waals surface area contributed by atoms with E-state index in [1.165, 1.54) is 6.08 Å². The van der Waals surface area contributed by atoms with E-state index in [1.54, 1.807) is 13.0 Å². The molecule has 0 saturated carbocycles. The average molecular weight is 194 g/mol. The Morgan fingerprint density at radius 3 is 2.64 bits per heavy atom. The molecule has 0 atom stereocenters. The molecule has 1 nitrogen and oxygen atoms in total. The van der Waals surface area contributed by atoms with Gasteiger partial charge >= 0.3 is 0 Å². The van der Waals surface area contributed by atoms with Crippen molar-refractivity contribution in [1.82, 2.24) is 0 Å². The van der Waals surface area contributed by atoms with Crippen LogP contribution in [0.2, 0.25) is 0 Å². The number of halogens is 1. The van der Waals surface area contributed by atoms with Crippen molar-refractivity contribution < 1.29 is 9.18 Å². The van der Waals surface area contributed by atoms with Crippen molar-refractivity contribution in [3.05, 3.63) is 35.7 Å². The fourth-order valence-electron chi connectivity index (χ4n) is 1.35. The maximum Gasteiger partial charge on any atom is 0.162 e. The Morgan fingerprint density at radius 1 is 1.29 bits per heavy atom. The maximum absolute atomic E-state index is 13.0. The second-order valence-corrected chi connectivity index (χ2v) is 3.57. The average Bonchev–Trinajstić information content (AvgIpc) is 2.18. The molecule has 76 valence electrons. The zero-order valence-corrected chi connectivity index (χ0v) is 8.48. The smallest absolute Gasteiger partial charge is 0.162 e. The van der Waals surface area contributed by atoms with E-state index < -0.39 is 0 Å². The summed E-state index contributed by atoms with van der Waals surface area (Å²) in [6, 6.07) is 0. The molecular formula is C12H15FO. The SMILES string of the molecule is C=C1C(=O)CCCC/C(F)=C\C=C/1C. The minimum Gasteiger partial charge on any atom is -0.294 e. The van der Waals surface area contributed by atoms with Crippen molar-refractivity contribution in [2.45, 2.75) is 32.6 Å². The van der Waals surface area contributed by atoms with Crippen molar-refractivity contribution in [1.29, 1.82) is 0 Å². The van der Waals surface area contributed by atoms with Gasteiger partial charge in [0.2, 0.25) is 0 Å². The van der Waals surface area contributed by atoms with Gasteiger partial charge in [-0.3, -0.25) is 4.79 Å². The Morgan fingerprint density at radius 2 is 1.93 bits per heavy atom. The molecule has 0 aromatic heterocycles. The lowest BCUT2D eigenvalue weighted by atomic mass is 9.98. The third-order valence-electron chi connectivity index (χ3n) is 2.40. The summed E-state index contributed by atoms with van der Waals surface area (Å²) >= 11 is 0. The molecule has 0 aromatic rings. The van der Waals surface area contributed by atoms with Crippen LogP contribution in [0.3, 0.4) is 0 Å². The zero-order chi connectivity index (χ0) is 10.6. The van der Waals surface area contributed by atoms with Gasteiger partial charge < -0.3 is 0 Å². The van der Waals surface area contributed by atoms with Gasteiger partial charge in [0.1, 0.15) is 0 Å². The summed E-state index contributed by atoms with van der Waals surface area (Å²) in [5, 5.41) is 0. The van der Waals surface area contributed by atoms with Crippen LogP contribution in [0, 0.1) is 0 Å². The molecule has 0 aromatic carbocycles. The van der Waals surface area contributed by atoms with Crippen molar-refractivity contribution >= 4 is 5.78 Å². The molecule has 0 saturated heterocycles. The molecule has 14 heavy (non-hydrogen) atoms. The predicted molar refractivity (Wildman–Crippen MR) is 55.6 cm³/mol. The molecule has 0 amide bonds. The van der Waals surface area contributed by atoms with Crippen LogP contribution >= 0.6 is 0 Å². The van der Waals surface area contributed by atoms with E-state index in [4.69, 9.17) is 0 Å². The number of rotatable bonds is 0. The van der Waals surface area contributed by atoms with Crippen LogP contribution in [-0.4, -0.2) is 5.78 Å². The van der Waals surface area contributed by atoms with Crippen LogP contribution in [0.15, 0.2) is 35.7 Å². The van der Waals surface area contributed by atoms with Gasteiger partial charge in [-0.15, -0.1) is 0 Å². The third-order valence-corrected chi connectivity index (χ3v) is 2.40. The number of ketones is 1. The van der Waals surface area contributed by atoms with Crippen molar-refractivity contribution in [2.24, 2.45) is 0 Å². The largest absolute Gasteiger partial charge is 0.294 e. The molecule has 0 N–H and O–H groups in total. The van der Waals surface area contributed by atoms with Gasteiger partial charge in [0.05, 0.1) is 5.83 Å². The topological polar surface area (TPSA) is 17.1 Å². The fraction of sp³-hybridized carbons (Fsp3) is 0.417. The standard InChI is InChI=1S/C12H15FO/c1-9-7-8-11(13)5-3-4-6-12(14)10(9)2/h7-8H,2-6H2,1H3/b9-7-,11-8+. The van der Waals surface area contributed by atoms with Gasteiger partial charge in [-0.1, -0.05) is 12.7 Å². The summed E-state index contributed by atoms with van der Waals surface area (Å²) in [6.07, 6.45) is 5.45. The molecular weight excluding hydrogens is 179 g/mol. The summed E-state index contributed by atoms with van der Waals surface area (Å²) < 4.78 is 13.0. The highest BCUT2D eigenvalue weighted by atomic mass is 19.1. The lowest BCUT2D eigenvalue weighted by Gasteiger charge is -2.06. The first kappa shape index (κ1) is 10.9. The van der Waals surface area contributed by atoms with E-state index in [-0.39, 0.29) is 11.6 Å². The molecule has 1 rings (SSSR count). The Hall–Kier alpha value is -1.18. The van der Waals surface area contributed by atoms with E-state index in [0.717, 1.165) is 18.4 Å². The monoisotopic (exact) mass is 194 g/mol. The first-order valence-electron chi connectivity index (χ1n) is 4.86. The van der Waals surface area contributed by atoms with Gasteiger partial charge in [0, 0.05) is 12.0 Å². The van der Waals surface area contributed by atoms with E-state index in [0.29, 0.717) is 18.4 Å². The summed E-state index contributed by atoms with van der Waals surface area (Å²) in [6.45, 7) is 5.49. The molecule has 0 spiro atoms. The molecule has 2 heteroatoms. The number of hydrogen-bond donors (Lipinski definition) is 0. The minimum atomic E-state index is -0.119. The lowest BCUT2D eigenvalue weighted by molar-refractivity contribution is -0.115. The number of carbonyl (C=O) groups excluding carboxylic acids is 1. The second-order valence-electron chi connectivity index (χ2n) is 3.57. The quantitative estimate of drug-likeness (QED) is 0.539. The first-order chi connectivity index (χ1) is 6.61. The Bertz CT molecular complexity index is 310. The van der Waals surface area contributed by atoms with E-state index in [2.05, 4.69) is 6.58 Å². The summed E-state index contributed by atoms with van der Waals surface area (Å²) in [7, 11) is 0. The highest BCUT2D eigenvalue weighted by Crippen LogP contribution is 2.18. The molecule has 0 unspecified atom stereocenters. The van der Waals surface area contributed by atoms with Gasteiger partial charge in [-0.25, -0.2) is 4.39 Å². The Balaban J connectivity index is 2.88. The lowest BCUT2D eigenvalue weighted by Crippen LogP contribution is -2.03. The molecule has 0 aliphatic heterocycles. The molecule has 0 fully saturated rings. The van der Waals surface area contributed by atoms with Crippen LogP contribution in [0.25, 0.3) is 0 Å². The molecule has 0 heterocycles. The van der Waals surface area contributed by atoms with Gasteiger partial charge in [-0.2, -0.15) is 0 Å². The maximum atomic E-state index is 13.0. The van der Waals surface area contributed by atoms with Crippen molar-refractivity contribution in [2.75, 3.05) is 0 Å². The normalized spacial score (nSPS) is 27.6. The van der Waals surface area contributed by atoms with Crippen LogP contribution < -0.4 is 0 Å². The fourth-order valence-corrected chi connectivity index (χ4v) is 1.35. The summed E-state index contributed by atoms with van der Waals surface area (Å²) in [5.74, 6) is -0.0408. The van der Waals surface area contributed by atoms with Crippen LogP contribution in [-0.2, 0) is 4.79 Å². The summed E-state index contributed by atoms with van der Waals surface area (Å²) in [5.41, 5.74) is 1.27. The minimum absolute atomic E-state index is 0.0782. The molecule has 0 bridgehead atoms. The Labute approximate surface area is 84.0 Å². The van der Waals surface area contributed by atoms with Crippen molar-refractivity contribution in [3.63, 3.8) is 0 Å². The molecule has 1 aliphatic carbocycles. The van der Waals surface area contributed by atoms with E-state index >= 15 is 0 Å². The number of carbonyl (C=O) groups is 1. The number of Topliss-reactive ketones (excluding diaryl/α,β-unsaturated/α-hetero) is 1. The first-order valence-corrected chi connectivity index (χ1v) is 4.86. The zero-order valence-electron chi connectivity index (χ0n) is 8.48. The number of hydrogen-bond acceptors (Lipinski definition) is 1. The van der Waals surface area contributed by atoms with Crippen molar-refractivity contribution in [3.8, 4) is 0 Å². The van der Waals surface area contributed by atoms with E-state index in [9.17, 15) is 9.18 Å². The molecule has 0 radical (unpaired) electrons. The van der Waals surface area contributed by atoms with Gasteiger partial charge in [0.15, 0.2) is 5.78 Å². The van der Waals surface area contributed by atoms with E-state index in [1.807, 2.05) is 0 Å². The molecule has 1 aliphatic rings. The highest BCUT2D eigenvalue weighted by Gasteiger charge is 2.09. The van der Waals surface area contributed by atoms with Crippen LogP contribution in [0.1, 0.15) is 32.6 Å². The Kier molecular flexibility index (Phi) is 3.81. The third kappa shape index (κ3) is 2.95. The van der Waals surface area contributed by atoms with Gasteiger partial charge in [0.25, 0.3) is 0 Å². The summed E-state index contributed by atoms with van der Waals surface area (Å²) in [4.78, 5) is 11.5. The predicted octanol–water partition coefficient (Wildman–Crippen LogP) is 3.49. The van der Waals surface area contributed by atoms with Crippen LogP contribution in [0.5, 0.6) is 0 Å².